The van der Waals surface area contributed by atoms with Crippen LogP contribution in [0.15, 0.2) is 102 Å². The molecule has 1 aliphatic rings. The third-order valence-electron chi connectivity index (χ3n) is 6.95. The molecule has 0 bridgehead atoms. The number of hydrogen-bond donors (Lipinski definition) is 2. The lowest BCUT2D eigenvalue weighted by Gasteiger charge is -2.36. The fourth-order valence-corrected chi connectivity index (χ4v) is 5.87. The van der Waals surface area contributed by atoms with Crippen LogP contribution in [0.1, 0.15) is 41.1 Å². The highest BCUT2D eigenvalue weighted by Gasteiger charge is 2.33. The van der Waals surface area contributed by atoms with E-state index in [4.69, 9.17) is 44.3 Å². The van der Waals surface area contributed by atoms with Crippen LogP contribution < -0.4 is 10.0 Å². The highest BCUT2D eigenvalue weighted by Crippen LogP contribution is 2.40. The molecular weight excluding hydrogens is 631 g/mol. The molecule has 4 aromatic rings. The van der Waals surface area contributed by atoms with Crippen LogP contribution in [-0.2, 0) is 27.4 Å². The smallest absolute Gasteiger partial charge is 0.272 e. The number of hydrogen-bond acceptors (Lipinski definition) is 6. The summed E-state index contributed by atoms with van der Waals surface area (Å²) in [6.07, 6.45) is 0.996. The number of carbonyl (C=O) groups excluding carboxylic acids is 1. The first kappa shape index (κ1) is 31.6. The number of aliphatic hydroxyl groups excluding tert-OH is 1. The first-order valence-electron chi connectivity index (χ1n) is 13.6. The lowest BCUT2D eigenvalue weighted by molar-refractivity contribution is -0.645. The summed E-state index contributed by atoms with van der Waals surface area (Å²) in [6.45, 7) is 0.173. The molecule has 0 unspecified atom stereocenters. The molecule has 43 heavy (non-hydrogen) atoms. The van der Waals surface area contributed by atoms with Gasteiger partial charge in [0.05, 0.1) is 18.8 Å². The number of halogens is 3. The van der Waals surface area contributed by atoms with E-state index in [0.29, 0.717) is 17.2 Å². The van der Waals surface area contributed by atoms with Crippen LogP contribution in [-0.4, -0.2) is 26.7 Å². The predicted octanol–water partition coefficient (Wildman–Crippen LogP) is 6.80. The molecule has 11 heteroatoms. The average molecular weight is 660 g/mol. The number of aliphatic hydroxyl groups is 1. The maximum absolute atomic E-state index is 12.2. The van der Waals surface area contributed by atoms with Gasteiger partial charge in [-0.2, -0.15) is 4.73 Å². The van der Waals surface area contributed by atoms with Gasteiger partial charge in [0.1, 0.15) is 0 Å². The van der Waals surface area contributed by atoms with Crippen molar-refractivity contribution < 1.29 is 24.1 Å². The zero-order valence-corrected chi connectivity index (χ0v) is 26.0. The number of benzene rings is 3. The zero-order valence-electron chi connectivity index (χ0n) is 22.9. The van der Waals surface area contributed by atoms with Crippen LogP contribution in [0.5, 0.6) is 0 Å². The molecular formula is C32H29Cl3N2O5S. The van der Waals surface area contributed by atoms with E-state index in [-0.39, 0.29) is 25.4 Å². The summed E-state index contributed by atoms with van der Waals surface area (Å²) < 4.78 is 11.8. The monoisotopic (exact) mass is 658 g/mol. The van der Waals surface area contributed by atoms with Crippen LogP contribution in [0.2, 0.25) is 0 Å². The first-order valence-corrected chi connectivity index (χ1v) is 15.7. The third-order valence-corrected chi connectivity index (χ3v) is 8.62. The van der Waals surface area contributed by atoms with E-state index < -0.39 is 16.0 Å². The normalized spacial score (nSPS) is 18.7. The van der Waals surface area contributed by atoms with Crippen molar-refractivity contribution in [3.63, 3.8) is 0 Å². The van der Waals surface area contributed by atoms with Crippen molar-refractivity contribution >= 4 is 52.5 Å². The van der Waals surface area contributed by atoms with Crippen molar-refractivity contribution in [1.29, 1.82) is 0 Å². The predicted molar refractivity (Wildman–Crippen MR) is 169 cm³/mol. The highest BCUT2D eigenvalue weighted by molar-refractivity contribution is 7.99. The fraction of sp³-hybridized carbons (Fsp3) is 0.250. The van der Waals surface area contributed by atoms with Crippen molar-refractivity contribution in [3.8, 4) is 11.1 Å². The number of thioether (sulfide) groups is 1. The summed E-state index contributed by atoms with van der Waals surface area (Å²) in [7, 11) is 0. The molecule has 224 valence electrons. The van der Waals surface area contributed by atoms with Gasteiger partial charge in [0.25, 0.3) is 14.7 Å². The van der Waals surface area contributed by atoms with Crippen molar-refractivity contribution in [3.05, 3.63) is 125 Å². The lowest BCUT2D eigenvalue weighted by atomic mass is 9.99. The molecule has 1 aliphatic heterocycles. The molecule has 2 heterocycles. The maximum atomic E-state index is 12.2. The number of alkyl halides is 3. The van der Waals surface area contributed by atoms with Gasteiger partial charge in [-0.15, -0.1) is 0 Å². The van der Waals surface area contributed by atoms with Gasteiger partial charge >= 0.3 is 0 Å². The molecule has 0 saturated carbocycles. The van der Waals surface area contributed by atoms with E-state index in [1.54, 1.807) is 12.1 Å². The second kappa shape index (κ2) is 14.3. The van der Waals surface area contributed by atoms with Crippen molar-refractivity contribution in [1.82, 2.24) is 5.32 Å². The quantitative estimate of drug-likeness (QED) is 0.0888. The maximum Gasteiger partial charge on any atom is 0.272 e. The van der Waals surface area contributed by atoms with Crippen LogP contribution in [0.4, 0.5) is 0 Å². The van der Waals surface area contributed by atoms with E-state index in [9.17, 15) is 15.1 Å². The Morgan fingerprint density at radius 3 is 2.40 bits per heavy atom. The number of rotatable bonds is 9. The second-order valence-electron chi connectivity index (χ2n) is 10.0. The first-order chi connectivity index (χ1) is 20.7. The Labute approximate surface area is 269 Å². The second-order valence-corrected chi connectivity index (χ2v) is 13.4. The summed E-state index contributed by atoms with van der Waals surface area (Å²) in [5, 5.41) is 24.9. The van der Waals surface area contributed by atoms with Gasteiger partial charge in [-0.1, -0.05) is 107 Å². The number of aromatic nitrogens is 1. The third kappa shape index (κ3) is 8.42. The fourth-order valence-electron chi connectivity index (χ4n) is 4.73. The molecule has 7 nitrogen and oxygen atoms in total. The SMILES string of the molecule is O=C(NCc1cccc(-c2cccc([C@H]3O[C@@H](CSc4cccc[n+]4[O-])C[C@@H](c4ccc(CO)cc4)O3)c2)c1)C(Cl)(Cl)Cl. The van der Waals surface area contributed by atoms with E-state index in [0.717, 1.165) is 38.1 Å². The Hall–Kier alpha value is -2.82. The van der Waals surface area contributed by atoms with E-state index >= 15 is 0 Å². The lowest BCUT2D eigenvalue weighted by Crippen LogP contribution is -2.33. The van der Waals surface area contributed by atoms with Crippen LogP contribution >= 0.6 is 46.6 Å². The standard InChI is InChI=1S/C32H29Cl3N2O5S/c33-32(34,35)31(39)36-18-22-5-3-6-24(15-22)25-7-4-8-26(16-25)30-41-27(20-43-29-9-1-2-14-37(29)40)17-28(42-30)23-12-10-21(19-38)11-13-23/h1-16,27-28,30,38H,17-20H2,(H,36,39)/t27-,28+,30+/m1/s1. The molecule has 2 N–H and O–H groups in total. The minimum absolute atomic E-state index is 0.0314. The van der Waals surface area contributed by atoms with Gasteiger partial charge in [0.15, 0.2) is 12.5 Å². The van der Waals surface area contributed by atoms with Crippen LogP contribution in [0, 0.1) is 5.21 Å². The van der Waals surface area contributed by atoms with Crippen molar-refractivity contribution in [2.75, 3.05) is 5.75 Å². The Morgan fingerprint density at radius 1 is 0.930 bits per heavy atom. The summed E-state index contributed by atoms with van der Waals surface area (Å²) in [5.41, 5.74) is 5.38. The summed E-state index contributed by atoms with van der Waals surface area (Å²) >= 11 is 18.5. The van der Waals surface area contributed by atoms with E-state index in [1.807, 2.05) is 78.9 Å². The van der Waals surface area contributed by atoms with Gasteiger partial charge in [-0.3, -0.25) is 4.79 Å². The number of ether oxygens (including phenoxy) is 2. The molecule has 1 fully saturated rings. The van der Waals surface area contributed by atoms with E-state index in [2.05, 4.69) is 5.32 Å². The van der Waals surface area contributed by atoms with Gasteiger partial charge in [-0.05, 0) is 46.0 Å². The molecule has 0 spiro atoms. The van der Waals surface area contributed by atoms with Gasteiger partial charge in [0.2, 0.25) is 0 Å². The Morgan fingerprint density at radius 2 is 1.67 bits per heavy atom. The van der Waals surface area contributed by atoms with Crippen molar-refractivity contribution in [2.45, 2.75) is 46.9 Å². The van der Waals surface area contributed by atoms with Crippen molar-refractivity contribution in [2.24, 2.45) is 0 Å². The molecule has 5 rings (SSSR count). The van der Waals surface area contributed by atoms with Crippen LogP contribution in [0.3, 0.4) is 0 Å². The zero-order chi connectivity index (χ0) is 30.4. The Bertz CT molecular complexity index is 1550. The topological polar surface area (TPSA) is 94.7 Å². The number of carbonyl (C=O) groups is 1. The Balaban J connectivity index is 1.36. The molecule has 1 saturated heterocycles. The number of amides is 1. The van der Waals surface area contributed by atoms with Gasteiger partial charge < -0.3 is 25.1 Å². The minimum Gasteiger partial charge on any atom is -0.618 e. The summed E-state index contributed by atoms with van der Waals surface area (Å²) in [6, 6.07) is 28.7. The summed E-state index contributed by atoms with van der Waals surface area (Å²) in [4.78, 5) is 12.0. The van der Waals surface area contributed by atoms with Gasteiger partial charge in [-0.25, -0.2) is 0 Å². The molecule has 0 radical (unpaired) electrons. The largest absolute Gasteiger partial charge is 0.618 e. The molecule has 1 amide bonds. The van der Waals surface area contributed by atoms with Crippen LogP contribution in [0.25, 0.3) is 11.1 Å². The molecule has 3 atom stereocenters. The highest BCUT2D eigenvalue weighted by atomic mass is 35.6. The van der Waals surface area contributed by atoms with Gasteiger partial charge in [0, 0.05) is 36.4 Å². The van der Waals surface area contributed by atoms with E-state index in [1.165, 1.54) is 18.0 Å². The average Bonchev–Trinajstić information content (AvgIpc) is 3.03. The number of nitrogens with zero attached hydrogens (tertiary/aromatic N) is 1. The number of nitrogens with one attached hydrogen (secondary N) is 1. The minimum atomic E-state index is -2.03. The Kier molecular flexibility index (Phi) is 10.5. The molecule has 3 aromatic carbocycles. The number of pyridine rings is 1. The molecule has 1 aromatic heterocycles. The molecule has 0 aliphatic carbocycles. The summed E-state index contributed by atoms with van der Waals surface area (Å²) in [5.74, 6) is -0.124.